The van der Waals surface area contributed by atoms with Crippen LogP contribution >= 0.6 is 0 Å². The molecule has 0 aromatic heterocycles. The molecule has 1 heterocycles. The minimum absolute atomic E-state index is 0.0188. The summed E-state index contributed by atoms with van der Waals surface area (Å²) in [7, 11) is 0. The van der Waals surface area contributed by atoms with Crippen molar-refractivity contribution in [3.8, 4) is 5.75 Å². The molecular formula is C17H16N2O3. The van der Waals surface area contributed by atoms with Gasteiger partial charge in [0.1, 0.15) is 5.75 Å². The van der Waals surface area contributed by atoms with Gasteiger partial charge < -0.3 is 15.4 Å². The second kappa shape index (κ2) is 6.30. The number of amides is 2. The van der Waals surface area contributed by atoms with Gasteiger partial charge in [-0.1, -0.05) is 18.2 Å². The second-order valence-corrected chi connectivity index (χ2v) is 5.06. The Labute approximate surface area is 128 Å². The van der Waals surface area contributed by atoms with E-state index in [1.807, 2.05) is 36.4 Å². The van der Waals surface area contributed by atoms with Crippen LogP contribution in [0.1, 0.15) is 12.0 Å². The lowest BCUT2D eigenvalue weighted by Crippen LogP contribution is -2.15. The fraction of sp³-hybridized carbons (Fsp3) is 0.176. The number of ether oxygens (including phenoxy) is 1. The van der Waals surface area contributed by atoms with E-state index in [1.54, 1.807) is 12.1 Å². The third kappa shape index (κ3) is 3.44. The van der Waals surface area contributed by atoms with Crippen LogP contribution in [0.25, 0.3) is 0 Å². The average molecular weight is 296 g/mol. The number of para-hydroxylation sites is 1. The number of hydrogen-bond acceptors (Lipinski definition) is 3. The molecule has 2 N–H and O–H groups in total. The Morgan fingerprint density at radius 2 is 2.00 bits per heavy atom. The minimum Gasteiger partial charge on any atom is -0.493 e. The van der Waals surface area contributed by atoms with Crippen molar-refractivity contribution in [1.82, 2.24) is 0 Å². The molecule has 3 rings (SSSR count). The maximum Gasteiger partial charge on any atom is 0.228 e. The Balaban J connectivity index is 1.50. The topological polar surface area (TPSA) is 67.4 Å². The van der Waals surface area contributed by atoms with E-state index in [0.29, 0.717) is 18.7 Å². The van der Waals surface area contributed by atoms with E-state index in [0.717, 1.165) is 17.0 Å². The van der Waals surface area contributed by atoms with Gasteiger partial charge in [0.2, 0.25) is 11.8 Å². The van der Waals surface area contributed by atoms with Crippen LogP contribution in [0.4, 0.5) is 11.4 Å². The van der Waals surface area contributed by atoms with Gasteiger partial charge in [0, 0.05) is 11.4 Å². The van der Waals surface area contributed by atoms with Gasteiger partial charge in [-0.25, -0.2) is 0 Å². The van der Waals surface area contributed by atoms with Crippen molar-refractivity contribution in [3.63, 3.8) is 0 Å². The van der Waals surface area contributed by atoms with Crippen LogP contribution in [0.2, 0.25) is 0 Å². The van der Waals surface area contributed by atoms with Crippen molar-refractivity contribution in [2.75, 3.05) is 17.2 Å². The number of anilines is 2. The van der Waals surface area contributed by atoms with Crippen LogP contribution in [0, 0.1) is 0 Å². The molecule has 22 heavy (non-hydrogen) atoms. The number of fused-ring (bicyclic) bond motifs is 1. The van der Waals surface area contributed by atoms with Gasteiger partial charge >= 0.3 is 0 Å². The summed E-state index contributed by atoms with van der Waals surface area (Å²) in [5.41, 5.74) is 2.42. The lowest BCUT2D eigenvalue weighted by atomic mass is 10.1. The number of nitrogens with one attached hydrogen (secondary N) is 2. The van der Waals surface area contributed by atoms with E-state index in [1.165, 1.54) is 0 Å². The zero-order valence-electron chi connectivity index (χ0n) is 12.0. The van der Waals surface area contributed by atoms with Crippen LogP contribution in [0.5, 0.6) is 5.75 Å². The molecule has 1 aliphatic heterocycles. The smallest absolute Gasteiger partial charge is 0.228 e. The summed E-state index contributed by atoms with van der Waals surface area (Å²) in [6.07, 6.45) is 0.624. The zero-order valence-corrected chi connectivity index (χ0v) is 12.0. The maximum atomic E-state index is 11.9. The molecule has 0 unspecified atom stereocenters. The molecule has 5 heteroatoms. The Hall–Kier alpha value is -2.82. The first kappa shape index (κ1) is 14.1. The number of carbonyl (C=O) groups is 2. The molecule has 0 bridgehead atoms. The third-order valence-corrected chi connectivity index (χ3v) is 3.36. The zero-order chi connectivity index (χ0) is 15.4. The predicted octanol–water partition coefficient (Wildman–Crippen LogP) is 2.59. The Morgan fingerprint density at radius 1 is 1.18 bits per heavy atom. The van der Waals surface area contributed by atoms with E-state index < -0.39 is 0 Å². The molecule has 0 saturated carbocycles. The Morgan fingerprint density at radius 3 is 2.82 bits per heavy atom. The largest absolute Gasteiger partial charge is 0.493 e. The summed E-state index contributed by atoms with van der Waals surface area (Å²) in [5.74, 6) is 0.611. The van der Waals surface area contributed by atoms with E-state index in [4.69, 9.17) is 4.74 Å². The number of hydrogen-bond donors (Lipinski definition) is 2. The number of benzene rings is 2. The molecule has 0 saturated heterocycles. The summed E-state index contributed by atoms with van der Waals surface area (Å²) in [6.45, 7) is 0.320. The SMILES string of the molecule is O=C(CCOc1ccccc1)Nc1ccc2c(c1)CC(=O)N2. The molecule has 5 nitrogen and oxygen atoms in total. The van der Waals surface area contributed by atoms with E-state index >= 15 is 0 Å². The van der Waals surface area contributed by atoms with Crippen molar-refractivity contribution in [2.45, 2.75) is 12.8 Å². The molecule has 0 aliphatic carbocycles. The van der Waals surface area contributed by atoms with Crippen molar-refractivity contribution in [2.24, 2.45) is 0 Å². The highest BCUT2D eigenvalue weighted by Crippen LogP contribution is 2.26. The minimum atomic E-state index is -0.117. The molecule has 112 valence electrons. The molecule has 2 aromatic rings. The third-order valence-electron chi connectivity index (χ3n) is 3.36. The van der Waals surface area contributed by atoms with Gasteiger partial charge in [-0.05, 0) is 35.9 Å². The Bertz CT molecular complexity index is 698. The Kier molecular flexibility index (Phi) is 4.05. The van der Waals surface area contributed by atoms with Gasteiger partial charge in [0.25, 0.3) is 0 Å². The van der Waals surface area contributed by atoms with Gasteiger partial charge in [-0.2, -0.15) is 0 Å². The summed E-state index contributed by atoms with van der Waals surface area (Å²) < 4.78 is 5.49. The standard InChI is InChI=1S/C17H16N2O3/c20-16(8-9-22-14-4-2-1-3-5-14)18-13-6-7-15-12(10-13)11-17(21)19-15/h1-7,10H,8-9,11H2,(H,18,20)(H,19,21). The van der Waals surface area contributed by atoms with Gasteiger partial charge in [-0.15, -0.1) is 0 Å². The highest BCUT2D eigenvalue weighted by atomic mass is 16.5. The quantitative estimate of drug-likeness (QED) is 0.891. The number of carbonyl (C=O) groups excluding carboxylic acids is 2. The van der Waals surface area contributed by atoms with Crippen molar-refractivity contribution >= 4 is 23.2 Å². The normalized spacial score (nSPS) is 12.5. The summed E-state index contributed by atoms with van der Waals surface area (Å²) in [4.78, 5) is 23.2. The predicted molar refractivity (Wildman–Crippen MR) is 84.0 cm³/mol. The molecule has 0 spiro atoms. The van der Waals surface area contributed by atoms with Gasteiger partial charge in [-0.3, -0.25) is 9.59 Å². The molecule has 1 aliphatic rings. The lowest BCUT2D eigenvalue weighted by Gasteiger charge is -2.08. The van der Waals surface area contributed by atoms with Gasteiger partial charge in [0.15, 0.2) is 0 Å². The van der Waals surface area contributed by atoms with Crippen molar-refractivity contribution < 1.29 is 14.3 Å². The first-order chi connectivity index (χ1) is 10.7. The molecular weight excluding hydrogens is 280 g/mol. The molecule has 0 atom stereocenters. The highest BCUT2D eigenvalue weighted by molar-refractivity contribution is 6.00. The second-order valence-electron chi connectivity index (χ2n) is 5.06. The van der Waals surface area contributed by atoms with E-state index in [2.05, 4.69) is 10.6 Å². The van der Waals surface area contributed by atoms with Crippen molar-refractivity contribution in [3.05, 3.63) is 54.1 Å². The number of rotatable bonds is 5. The average Bonchev–Trinajstić information content (AvgIpc) is 2.87. The molecule has 2 aromatic carbocycles. The van der Waals surface area contributed by atoms with Crippen LogP contribution in [-0.2, 0) is 16.0 Å². The first-order valence-electron chi connectivity index (χ1n) is 7.11. The molecule has 0 radical (unpaired) electrons. The first-order valence-corrected chi connectivity index (χ1v) is 7.11. The van der Waals surface area contributed by atoms with Crippen molar-refractivity contribution in [1.29, 1.82) is 0 Å². The van der Waals surface area contributed by atoms with Crippen LogP contribution < -0.4 is 15.4 Å². The van der Waals surface area contributed by atoms with E-state index in [-0.39, 0.29) is 18.2 Å². The van der Waals surface area contributed by atoms with Crippen LogP contribution in [0.15, 0.2) is 48.5 Å². The summed E-state index contributed by atoms with van der Waals surface area (Å²) in [6, 6.07) is 14.8. The molecule has 0 fully saturated rings. The van der Waals surface area contributed by atoms with E-state index in [9.17, 15) is 9.59 Å². The highest BCUT2D eigenvalue weighted by Gasteiger charge is 2.17. The fourth-order valence-electron chi connectivity index (χ4n) is 2.31. The lowest BCUT2D eigenvalue weighted by molar-refractivity contribution is -0.117. The van der Waals surface area contributed by atoms with Crippen LogP contribution in [0.3, 0.4) is 0 Å². The van der Waals surface area contributed by atoms with Gasteiger partial charge in [0.05, 0.1) is 19.4 Å². The van der Waals surface area contributed by atoms with Crippen LogP contribution in [-0.4, -0.2) is 18.4 Å². The maximum absolute atomic E-state index is 11.9. The summed E-state index contributed by atoms with van der Waals surface area (Å²) in [5, 5.41) is 5.57. The monoisotopic (exact) mass is 296 g/mol. The molecule has 2 amide bonds. The fourth-order valence-corrected chi connectivity index (χ4v) is 2.31. The summed E-state index contributed by atoms with van der Waals surface area (Å²) >= 11 is 0.